The quantitative estimate of drug-likeness (QED) is 0.827. The van der Waals surface area contributed by atoms with E-state index in [1.807, 2.05) is 0 Å². The fourth-order valence-electron chi connectivity index (χ4n) is 4.34. The Labute approximate surface area is 126 Å². The molecule has 2 atom stereocenters. The van der Waals surface area contributed by atoms with Crippen LogP contribution in [0.4, 0.5) is 5.69 Å². The molecule has 4 rings (SSSR count). The number of fused-ring (bicyclic) bond motifs is 5. The van der Waals surface area contributed by atoms with Crippen LogP contribution in [0, 0.1) is 6.92 Å². The number of anilines is 1. The summed E-state index contributed by atoms with van der Waals surface area (Å²) in [4.78, 5) is 0. The van der Waals surface area contributed by atoms with Gasteiger partial charge in [0.25, 0.3) is 0 Å². The number of nitrogens with one attached hydrogen (secondary N) is 1. The van der Waals surface area contributed by atoms with Gasteiger partial charge in [0.2, 0.25) is 0 Å². The summed E-state index contributed by atoms with van der Waals surface area (Å²) in [7, 11) is 1.75. The van der Waals surface area contributed by atoms with Crippen molar-refractivity contribution in [3.63, 3.8) is 0 Å². The summed E-state index contributed by atoms with van der Waals surface area (Å²) in [6, 6.07) is 13.6. The molecule has 2 aromatic rings. The molecule has 0 amide bonds. The lowest BCUT2D eigenvalue weighted by molar-refractivity contribution is 0.408. The van der Waals surface area contributed by atoms with Gasteiger partial charge >= 0.3 is 0 Å². The van der Waals surface area contributed by atoms with Crippen molar-refractivity contribution in [1.29, 1.82) is 0 Å². The van der Waals surface area contributed by atoms with Crippen molar-refractivity contribution in [2.45, 2.75) is 38.1 Å². The van der Waals surface area contributed by atoms with E-state index in [0.29, 0.717) is 12.0 Å². The number of methoxy groups -OCH3 is 1. The third-order valence-corrected chi connectivity index (χ3v) is 5.31. The van der Waals surface area contributed by atoms with E-state index in [4.69, 9.17) is 4.74 Å². The monoisotopic (exact) mass is 279 g/mol. The highest BCUT2D eigenvalue weighted by molar-refractivity contribution is 5.71. The highest BCUT2D eigenvalue weighted by Gasteiger charge is 2.51. The van der Waals surface area contributed by atoms with E-state index in [1.54, 1.807) is 7.11 Å². The van der Waals surface area contributed by atoms with Gasteiger partial charge in [0.1, 0.15) is 5.75 Å². The van der Waals surface area contributed by atoms with Crippen molar-refractivity contribution < 1.29 is 4.74 Å². The molecular formula is C19H21NO. The molecule has 0 bridgehead atoms. The summed E-state index contributed by atoms with van der Waals surface area (Å²) in [6.07, 6.45) is 0. The molecule has 0 spiro atoms. The number of rotatable bonds is 1. The summed E-state index contributed by atoms with van der Waals surface area (Å²) in [6.45, 7) is 6.89. The van der Waals surface area contributed by atoms with Gasteiger partial charge in [-0.15, -0.1) is 0 Å². The van der Waals surface area contributed by atoms with E-state index in [2.05, 4.69) is 62.5 Å². The molecule has 1 aliphatic carbocycles. The van der Waals surface area contributed by atoms with Crippen LogP contribution in [0.1, 0.15) is 48.1 Å². The van der Waals surface area contributed by atoms with Gasteiger partial charge in [-0.05, 0) is 46.7 Å². The lowest BCUT2D eigenvalue weighted by Crippen LogP contribution is -2.22. The zero-order chi connectivity index (χ0) is 14.8. The second-order valence-corrected chi connectivity index (χ2v) is 6.82. The maximum absolute atomic E-state index is 5.49. The average molecular weight is 279 g/mol. The maximum atomic E-state index is 5.49. The summed E-state index contributed by atoms with van der Waals surface area (Å²) in [5.41, 5.74) is 7.03. The Hall–Kier alpha value is -1.96. The third-order valence-electron chi connectivity index (χ3n) is 5.31. The maximum Gasteiger partial charge on any atom is 0.119 e. The molecule has 0 radical (unpaired) electrons. The molecule has 0 saturated carbocycles. The first-order chi connectivity index (χ1) is 10.0. The van der Waals surface area contributed by atoms with Gasteiger partial charge in [0, 0.05) is 11.6 Å². The number of aryl methyl sites for hydroxylation is 1. The van der Waals surface area contributed by atoms with Gasteiger partial charge in [0.05, 0.1) is 13.2 Å². The molecule has 2 nitrogen and oxygen atoms in total. The van der Waals surface area contributed by atoms with Crippen LogP contribution in [-0.2, 0) is 5.41 Å². The van der Waals surface area contributed by atoms with Crippen LogP contribution in [0.25, 0.3) is 0 Å². The smallest absolute Gasteiger partial charge is 0.119 e. The molecule has 1 aliphatic heterocycles. The van der Waals surface area contributed by atoms with Crippen LogP contribution in [0.2, 0.25) is 0 Å². The van der Waals surface area contributed by atoms with Crippen LogP contribution < -0.4 is 10.1 Å². The zero-order valence-electron chi connectivity index (χ0n) is 13.0. The van der Waals surface area contributed by atoms with Crippen LogP contribution in [0.5, 0.6) is 5.75 Å². The summed E-state index contributed by atoms with van der Waals surface area (Å²) >= 11 is 0. The number of hydrogen-bond donors (Lipinski definition) is 1. The predicted octanol–water partition coefficient (Wildman–Crippen LogP) is 4.55. The lowest BCUT2D eigenvalue weighted by Gasteiger charge is -2.28. The minimum atomic E-state index is 0.137. The van der Waals surface area contributed by atoms with Crippen molar-refractivity contribution in [3.05, 3.63) is 58.7 Å². The molecule has 0 aromatic heterocycles. The average Bonchev–Trinajstić information content (AvgIpc) is 2.96. The fourth-order valence-corrected chi connectivity index (χ4v) is 4.34. The van der Waals surface area contributed by atoms with Crippen molar-refractivity contribution in [3.8, 4) is 5.75 Å². The molecule has 1 N–H and O–H groups in total. The first-order valence-electron chi connectivity index (χ1n) is 7.58. The first-order valence-corrected chi connectivity index (χ1v) is 7.58. The molecule has 2 heteroatoms. The minimum Gasteiger partial charge on any atom is -0.497 e. The summed E-state index contributed by atoms with van der Waals surface area (Å²) in [5.74, 6) is 1.43. The van der Waals surface area contributed by atoms with Crippen molar-refractivity contribution >= 4 is 5.69 Å². The van der Waals surface area contributed by atoms with Gasteiger partial charge < -0.3 is 10.1 Å². The normalized spacial score (nSPS) is 24.0. The Bertz CT molecular complexity index is 732. The zero-order valence-corrected chi connectivity index (χ0v) is 13.0. The SMILES string of the molecule is COc1cc(C)c2c(c1)[C@H]1[C@@H](N2)c2ccccc2C1(C)C. The van der Waals surface area contributed by atoms with Crippen molar-refractivity contribution in [1.82, 2.24) is 0 Å². The van der Waals surface area contributed by atoms with E-state index < -0.39 is 0 Å². The highest BCUT2D eigenvalue weighted by Crippen LogP contribution is 2.61. The summed E-state index contributed by atoms with van der Waals surface area (Å²) in [5, 5.41) is 3.77. The van der Waals surface area contributed by atoms with E-state index in [0.717, 1.165) is 5.75 Å². The van der Waals surface area contributed by atoms with Crippen molar-refractivity contribution in [2.75, 3.05) is 12.4 Å². The van der Waals surface area contributed by atoms with Gasteiger partial charge in [0.15, 0.2) is 0 Å². The molecule has 2 aliphatic rings. The number of benzene rings is 2. The molecule has 2 aromatic carbocycles. The molecule has 1 heterocycles. The van der Waals surface area contributed by atoms with Crippen LogP contribution in [0.3, 0.4) is 0 Å². The van der Waals surface area contributed by atoms with Crippen LogP contribution in [-0.4, -0.2) is 7.11 Å². The second-order valence-electron chi connectivity index (χ2n) is 6.82. The summed E-state index contributed by atoms with van der Waals surface area (Å²) < 4.78 is 5.49. The molecule has 0 saturated heterocycles. The third kappa shape index (κ3) is 1.53. The largest absolute Gasteiger partial charge is 0.497 e. The second kappa shape index (κ2) is 4.03. The van der Waals surface area contributed by atoms with E-state index in [9.17, 15) is 0 Å². The Kier molecular flexibility index (Phi) is 2.45. The fraction of sp³-hybridized carbons (Fsp3) is 0.368. The van der Waals surface area contributed by atoms with E-state index in [1.165, 1.54) is 27.9 Å². The lowest BCUT2D eigenvalue weighted by atomic mass is 9.75. The van der Waals surface area contributed by atoms with Gasteiger partial charge in [-0.25, -0.2) is 0 Å². The number of ether oxygens (including phenoxy) is 1. The molecular weight excluding hydrogens is 258 g/mol. The van der Waals surface area contributed by atoms with Crippen molar-refractivity contribution in [2.24, 2.45) is 0 Å². The highest BCUT2D eigenvalue weighted by atomic mass is 16.5. The van der Waals surface area contributed by atoms with E-state index in [-0.39, 0.29) is 5.41 Å². The standard InChI is InChI=1S/C19H21NO/c1-11-9-12(21-4)10-14-16-18(20-17(11)14)13-7-5-6-8-15(13)19(16,2)3/h5-10,16,18,20H,1-4H3/t16-,18-/m0/s1. The van der Waals surface area contributed by atoms with Gasteiger partial charge in [-0.2, -0.15) is 0 Å². The van der Waals surface area contributed by atoms with Crippen LogP contribution in [0.15, 0.2) is 36.4 Å². The van der Waals surface area contributed by atoms with Gasteiger partial charge in [-0.1, -0.05) is 38.1 Å². The topological polar surface area (TPSA) is 21.3 Å². The Morgan fingerprint density at radius 3 is 2.62 bits per heavy atom. The predicted molar refractivity (Wildman–Crippen MR) is 86.3 cm³/mol. The minimum absolute atomic E-state index is 0.137. The molecule has 21 heavy (non-hydrogen) atoms. The Morgan fingerprint density at radius 2 is 1.86 bits per heavy atom. The Morgan fingerprint density at radius 1 is 1.10 bits per heavy atom. The molecule has 0 unspecified atom stereocenters. The number of hydrogen-bond acceptors (Lipinski definition) is 2. The van der Waals surface area contributed by atoms with E-state index >= 15 is 0 Å². The first kappa shape index (κ1) is 12.8. The molecule has 108 valence electrons. The van der Waals surface area contributed by atoms with Gasteiger partial charge in [-0.3, -0.25) is 0 Å². The Balaban J connectivity index is 1.94. The molecule has 0 fully saturated rings. The van der Waals surface area contributed by atoms with Crippen LogP contribution >= 0.6 is 0 Å².